The summed E-state index contributed by atoms with van der Waals surface area (Å²) < 4.78 is 15.3. The number of carbonyl (C=O) groups is 1. The van der Waals surface area contributed by atoms with Crippen molar-refractivity contribution >= 4 is 49.9 Å². The lowest BCUT2D eigenvalue weighted by Crippen LogP contribution is -2.31. The number of thiophene rings is 1. The molecule has 1 aromatic heterocycles. The van der Waals surface area contributed by atoms with Crippen LogP contribution >= 0.6 is 23.1 Å². The quantitative estimate of drug-likeness (QED) is 0.606. The summed E-state index contributed by atoms with van der Waals surface area (Å²) in [5.74, 6) is -0.481. The van der Waals surface area contributed by atoms with Gasteiger partial charge < -0.3 is 11.1 Å². The molecule has 0 aliphatic carbocycles. The maximum absolute atomic E-state index is 14.7. The lowest BCUT2D eigenvalue weighted by atomic mass is 9.91. The van der Waals surface area contributed by atoms with Crippen molar-refractivity contribution in [2.45, 2.75) is 24.5 Å². The Labute approximate surface area is 171 Å². The zero-order valence-corrected chi connectivity index (χ0v) is 17.0. The molecule has 0 unspecified atom stereocenters. The van der Waals surface area contributed by atoms with E-state index in [1.807, 2.05) is 37.3 Å². The fourth-order valence-corrected chi connectivity index (χ4v) is 5.62. The van der Waals surface area contributed by atoms with Gasteiger partial charge in [0.05, 0.1) is 9.62 Å². The Kier molecular flexibility index (Phi) is 5.12. The van der Waals surface area contributed by atoms with E-state index in [0.29, 0.717) is 34.3 Å². The zero-order valence-electron chi connectivity index (χ0n) is 15.4. The van der Waals surface area contributed by atoms with Crippen LogP contribution in [0, 0.1) is 5.82 Å². The molecule has 4 nitrogen and oxygen atoms in total. The van der Waals surface area contributed by atoms with Crippen molar-refractivity contribution in [3.63, 3.8) is 0 Å². The summed E-state index contributed by atoms with van der Waals surface area (Å²) in [6.45, 7) is 2.60. The summed E-state index contributed by atoms with van der Waals surface area (Å²) in [4.78, 5) is 17.6. The highest BCUT2D eigenvalue weighted by atomic mass is 32.2. The molecule has 0 saturated heterocycles. The number of nitrogens with zero attached hydrogens (tertiary/aromatic N) is 1. The van der Waals surface area contributed by atoms with Gasteiger partial charge in [-0.2, -0.15) is 0 Å². The van der Waals surface area contributed by atoms with Crippen LogP contribution < -0.4 is 11.1 Å². The molecule has 0 saturated carbocycles. The Bertz CT molecular complexity index is 1050. The Morgan fingerprint density at radius 2 is 2.11 bits per heavy atom. The normalized spacial score (nSPS) is 19.4. The smallest absolute Gasteiger partial charge is 0.265 e. The monoisotopic (exact) mass is 413 g/mol. The molecular formula is C21H20FN3OS2. The summed E-state index contributed by atoms with van der Waals surface area (Å²) in [5.41, 5.74) is 7.07. The molecule has 7 heteroatoms. The van der Waals surface area contributed by atoms with Crippen LogP contribution in [0.3, 0.4) is 0 Å². The first-order valence-corrected chi connectivity index (χ1v) is 10.7. The van der Waals surface area contributed by atoms with Crippen LogP contribution in [0.15, 0.2) is 53.5 Å². The number of thioether (sulfide) groups is 1. The van der Waals surface area contributed by atoms with Gasteiger partial charge in [-0.15, -0.1) is 11.3 Å². The van der Waals surface area contributed by atoms with Crippen LogP contribution in [-0.4, -0.2) is 17.6 Å². The standard InChI is InChI=1S/C21H20FN3OS2/c1-2-21(9-10-24-20(23)28-21)15-12-14(7-8-16(15)22)25-19(26)18-11-13-5-3-4-6-17(13)27-18/h3-8,11-12H,2,9-10H2,1H3,(H2,23,24)(H,25,26)/t21-/m0/s1. The molecule has 4 rings (SSSR count). The number of anilines is 1. The van der Waals surface area contributed by atoms with Gasteiger partial charge in [0.25, 0.3) is 5.91 Å². The second kappa shape index (κ2) is 7.56. The summed E-state index contributed by atoms with van der Waals surface area (Å²) in [6.07, 6.45) is 1.43. The largest absolute Gasteiger partial charge is 0.379 e. The van der Waals surface area contributed by atoms with E-state index in [0.717, 1.165) is 16.5 Å². The molecule has 3 aromatic rings. The average Bonchev–Trinajstić information content (AvgIpc) is 3.14. The van der Waals surface area contributed by atoms with Gasteiger partial charge in [0.1, 0.15) is 5.82 Å². The van der Waals surface area contributed by atoms with Crippen molar-refractivity contribution < 1.29 is 9.18 Å². The highest BCUT2D eigenvalue weighted by Crippen LogP contribution is 2.46. The molecule has 1 aliphatic heterocycles. The van der Waals surface area contributed by atoms with Gasteiger partial charge >= 0.3 is 0 Å². The Morgan fingerprint density at radius 1 is 1.29 bits per heavy atom. The number of amidine groups is 1. The van der Waals surface area contributed by atoms with Crippen LogP contribution in [0.5, 0.6) is 0 Å². The highest BCUT2D eigenvalue weighted by Gasteiger charge is 2.37. The number of amides is 1. The van der Waals surface area contributed by atoms with Gasteiger partial charge in [0.15, 0.2) is 5.17 Å². The third-order valence-electron chi connectivity index (χ3n) is 5.02. The Balaban J connectivity index is 1.63. The summed E-state index contributed by atoms with van der Waals surface area (Å²) in [5, 5.41) is 4.43. The number of aliphatic imine (C=N–C) groups is 1. The van der Waals surface area contributed by atoms with Crippen LogP contribution in [0.2, 0.25) is 0 Å². The van der Waals surface area contributed by atoms with Crippen molar-refractivity contribution in [2.75, 3.05) is 11.9 Å². The van der Waals surface area contributed by atoms with Crippen LogP contribution in [0.1, 0.15) is 35.0 Å². The lowest BCUT2D eigenvalue weighted by molar-refractivity contribution is 0.103. The molecule has 28 heavy (non-hydrogen) atoms. The number of benzene rings is 2. The molecule has 3 N–H and O–H groups in total. The number of hydrogen-bond acceptors (Lipinski definition) is 5. The van der Waals surface area contributed by atoms with E-state index < -0.39 is 4.75 Å². The van der Waals surface area contributed by atoms with Crippen molar-refractivity contribution in [2.24, 2.45) is 10.7 Å². The molecule has 1 aliphatic rings. The van der Waals surface area contributed by atoms with Crippen molar-refractivity contribution in [3.05, 3.63) is 64.8 Å². The first-order chi connectivity index (χ1) is 13.5. The average molecular weight is 414 g/mol. The van der Waals surface area contributed by atoms with Crippen molar-refractivity contribution in [1.29, 1.82) is 0 Å². The maximum atomic E-state index is 14.7. The van der Waals surface area contributed by atoms with Crippen molar-refractivity contribution in [3.8, 4) is 0 Å². The van der Waals surface area contributed by atoms with Gasteiger partial charge in [0, 0.05) is 22.5 Å². The third-order valence-corrected chi connectivity index (χ3v) is 7.58. The third kappa shape index (κ3) is 3.52. The Morgan fingerprint density at radius 3 is 2.86 bits per heavy atom. The summed E-state index contributed by atoms with van der Waals surface area (Å²) >= 11 is 2.85. The molecule has 2 heterocycles. The molecule has 0 bridgehead atoms. The lowest BCUT2D eigenvalue weighted by Gasteiger charge is -2.35. The molecular weight excluding hydrogens is 393 g/mol. The number of halogens is 1. The number of nitrogens with one attached hydrogen (secondary N) is 1. The summed E-state index contributed by atoms with van der Waals surface area (Å²) in [6, 6.07) is 14.5. The molecule has 144 valence electrons. The van der Waals surface area contributed by atoms with E-state index in [-0.39, 0.29) is 11.7 Å². The van der Waals surface area contributed by atoms with E-state index in [2.05, 4.69) is 10.3 Å². The van der Waals surface area contributed by atoms with Crippen LogP contribution in [0.4, 0.5) is 10.1 Å². The first-order valence-electron chi connectivity index (χ1n) is 9.10. The molecule has 0 fully saturated rings. The van der Waals surface area contributed by atoms with Crippen molar-refractivity contribution in [1.82, 2.24) is 0 Å². The summed E-state index contributed by atoms with van der Waals surface area (Å²) in [7, 11) is 0. The minimum Gasteiger partial charge on any atom is -0.379 e. The number of fused-ring (bicyclic) bond motifs is 1. The number of rotatable bonds is 4. The maximum Gasteiger partial charge on any atom is 0.265 e. The first kappa shape index (κ1) is 19.0. The second-order valence-corrected chi connectivity index (χ2v) is 9.20. The fourth-order valence-electron chi connectivity index (χ4n) is 3.50. The van der Waals surface area contributed by atoms with Crippen LogP contribution in [-0.2, 0) is 4.75 Å². The second-order valence-electron chi connectivity index (χ2n) is 6.72. The van der Waals surface area contributed by atoms with E-state index in [1.54, 1.807) is 12.1 Å². The van der Waals surface area contributed by atoms with E-state index >= 15 is 0 Å². The fraction of sp³-hybridized carbons (Fsp3) is 0.238. The topological polar surface area (TPSA) is 67.5 Å². The van der Waals surface area contributed by atoms with Gasteiger partial charge in [-0.25, -0.2) is 4.39 Å². The predicted molar refractivity (Wildman–Crippen MR) is 117 cm³/mol. The minimum atomic E-state index is -0.464. The highest BCUT2D eigenvalue weighted by molar-refractivity contribution is 8.14. The predicted octanol–water partition coefficient (Wildman–Crippen LogP) is 5.35. The van der Waals surface area contributed by atoms with E-state index in [4.69, 9.17) is 5.73 Å². The van der Waals surface area contributed by atoms with Gasteiger partial charge in [0.2, 0.25) is 0 Å². The molecule has 1 amide bonds. The Hall–Kier alpha value is -2.38. The molecule has 0 spiro atoms. The van der Waals surface area contributed by atoms with Gasteiger partial charge in [-0.1, -0.05) is 36.9 Å². The SMILES string of the molecule is CC[C@@]1(c2cc(NC(=O)c3cc4ccccc4s3)ccc2F)CCN=C(N)S1. The molecule has 1 atom stereocenters. The molecule has 0 radical (unpaired) electrons. The molecule has 2 aromatic carbocycles. The zero-order chi connectivity index (χ0) is 19.7. The van der Waals surface area contributed by atoms with Gasteiger partial charge in [-0.3, -0.25) is 9.79 Å². The van der Waals surface area contributed by atoms with E-state index in [9.17, 15) is 9.18 Å². The number of carbonyl (C=O) groups excluding carboxylic acids is 1. The van der Waals surface area contributed by atoms with Crippen LogP contribution in [0.25, 0.3) is 10.1 Å². The minimum absolute atomic E-state index is 0.193. The number of nitrogens with two attached hydrogens (primary N) is 1. The number of hydrogen-bond donors (Lipinski definition) is 2. The van der Waals surface area contributed by atoms with Gasteiger partial charge in [-0.05, 0) is 48.6 Å². The van der Waals surface area contributed by atoms with E-state index in [1.165, 1.54) is 29.2 Å².